The van der Waals surface area contributed by atoms with Gasteiger partial charge >= 0.3 is 6.03 Å². The second kappa shape index (κ2) is 9.03. The van der Waals surface area contributed by atoms with Crippen molar-refractivity contribution in [2.75, 3.05) is 26.3 Å². The standard InChI is InChI=1S/C13H16ClN5O5S.ClH/c14-9-2-1-8(11(20)17-12(15)16)7-10(9)25(22,23)18-13(21)19-3-5-24-6-4-19;/h1-2,7H,3-6H2,(H,18,21)(H4,15,16,17,20);1H. The molecule has 1 aromatic rings. The number of amides is 3. The number of rotatable bonds is 3. The molecule has 0 spiro atoms. The van der Waals surface area contributed by atoms with Crippen molar-refractivity contribution in [3.05, 3.63) is 28.8 Å². The lowest BCUT2D eigenvalue weighted by molar-refractivity contribution is 0.0545. The molecule has 1 fully saturated rings. The Morgan fingerprint density at radius 1 is 1.23 bits per heavy atom. The Labute approximate surface area is 161 Å². The second-order valence-corrected chi connectivity index (χ2v) is 7.06. The lowest BCUT2D eigenvalue weighted by Gasteiger charge is -2.26. The van der Waals surface area contributed by atoms with E-state index in [4.69, 9.17) is 27.8 Å². The van der Waals surface area contributed by atoms with Crippen LogP contribution in [-0.4, -0.2) is 57.5 Å². The quantitative estimate of drug-likeness (QED) is 0.450. The molecule has 0 aromatic heterocycles. The van der Waals surface area contributed by atoms with Crippen LogP contribution in [0.5, 0.6) is 0 Å². The van der Waals surface area contributed by atoms with Gasteiger partial charge < -0.3 is 21.1 Å². The largest absolute Gasteiger partial charge is 0.378 e. The van der Waals surface area contributed by atoms with Crippen LogP contribution in [0, 0.1) is 0 Å². The molecular formula is C13H17Cl2N5O5S. The number of aliphatic imine (C=N–C) groups is 1. The normalized spacial score (nSPS) is 14.1. The van der Waals surface area contributed by atoms with Gasteiger partial charge in [0.15, 0.2) is 5.96 Å². The van der Waals surface area contributed by atoms with Crippen LogP contribution in [-0.2, 0) is 14.8 Å². The van der Waals surface area contributed by atoms with E-state index >= 15 is 0 Å². The van der Waals surface area contributed by atoms with Crippen LogP contribution in [0.4, 0.5) is 4.79 Å². The van der Waals surface area contributed by atoms with Crippen molar-refractivity contribution in [3.63, 3.8) is 0 Å². The third-order valence-corrected chi connectivity index (χ3v) is 5.02. The number of nitrogens with one attached hydrogen (secondary N) is 1. The Morgan fingerprint density at radius 3 is 2.42 bits per heavy atom. The van der Waals surface area contributed by atoms with E-state index in [-0.39, 0.29) is 36.1 Å². The predicted octanol–water partition coefficient (Wildman–Crippen LogP) is -0.0941. The molecular weight excluding hydrogens is 409 g/mol. The second-order valence-electron chi connectivity index (χ2n) is 5.00. The molecule has 2 rings (SSSR count). The number of morpholine rings is 1. The molecule has 0 saturated carbocycles. The van der Waals surface area contributed by atoms with Gasteiger partial charge in [0.05, 0.1) is 18.2 Å². The molecule has 3 amide bonds. The summed E-state index contributed by atoms with van der Waals surface area (Å²) >= 11 is 5.90. The van der Waals surface area contributed by atoms with Crippen LogP contribution in [0.3, 0.4) is 0 Å². The zero-order chi connectivity index (χ0) is 18.6. The number of ether oxygens (including phenoxy) is 1. The summed E-state index contributed by atoms with van der Waals surface area (Å²) in [4.78, 5) is 28.1. The number of guanidine groups is 1. The summed E-state index contributed by atoms with van der Waals surface area (Å²) in [5.41, 5.74) is 10.1. The molecule has 1 heterocycles. The van der Waals surface area contributed by atoms with E-state index in [9.17, 15) is 18.0 Å². The van der Waals surface area contributed by atoms with Crippen LogP contribution in [0.25, 0.3) is 0 Å². The Hall–Kier alpha value is -2.08. The smallest absolute Gasteiger partial charge is 0.331 e. The molecule has 1 saturated heterocycles. The van der Waals surface area contributed by atoms with Crippen molar-refractivity contribution in [2.24, 2.45) is 16.5 Å². The topological polar surface area (TPSA) is 157 Å². The van der Waals surface area contributed by atoms with Crippen LogP contribution in [0.2, 0.25) is 5.02 Å². The first kappa shape index (κ1) is 22.0. The maximum atomic E-state index is 12.4. The van der Waals surface area contributed by atoms with Crippen molar-refractivity contribution < 1.29 is 22.7 Å². The Morgan fingerprint density at radius 2 is 1.85 bits per heavy atom. The van der Waals surface area contributed by atoms with E-state index in [1.807, 2.05) is 4.72 Å². The fourth-order valence-electron chi connectivity index (χ4n) is 2.03. The summed E-state index contributed by atoms with van der Waals surface area (Å²) in [6.45, 7) is 1.16. The Balaban J connectivity index is 0.00000338. The molecule has 0 aliphatic carbocycles. The molecule has 0 bridgehead atoms. The minimum absolute atomic E-state index is 0. The van der Waals surface area contributed by atoms with Crippen molar-refractivity contribution in [2.45, 2.75) is 4.90 Å². The van der Waals surface area contributed by atoms with Gasteiger partial charge in [0.25, 0.3) is 15.9 Å². The van der Waals surface area contributed by atoms with E-state index in [0.29, 0.717) is 13.2 Å². The van der Waals surface area contributed by atoms with Crippen LogP contribution >= 0.6 is 24.0 Å². The molecule has 13 heteroatoms. The third kappa shape index (κ3) is 5.46. The minimum atomic E-state index is -4.30. The van der Waals surface area contributed by atoms with Gasteiger partial charge in [0, 0.05) is 18.7 Å². The number of benzene rings is 1. The van der Waals surface area contributed by atoms with E-state index < -0.39 is 32.8 Å². The molecule has 5 N–H and O–H groups in total. The Kier molecular flexibility index (Phi) is 7.63. The molecule has 0 radical (unpaired) electrons. The summed E-state index contributed by atoms with van der Waals surface area (Å²) in [5, 5.41) is -0.163. The van der Waals surface area contributed by atoms with Gasteiger partial charge in [-0.2, -0.15) is 4.99 Å². The number of carbonyl (C=O) groups excluding carboxylic acids is 2. The van der Waals surface area contributed by atoms with Crippen molar-refractivity contribution >= 4 is 51.9 Å². The fraction of sp³-hybridized carbons (Fsp3) is 0.308. The molecule has 1 aliphatic rings. The zero-order valence-corrected chi connectivity index (χ0v) is 15.7. The average Bonchev–Trinajstić information content (AvgIpc) is 2.54. The summed E-state index contributed by atoms with van der Waals surface area (Å²) in [6, 6.07) is 2.65. The number of nitrogens with two attached hydrogens (primary N) is 2. The first-order valence-corrected chi connectivity index (χ1v) is 8.90. The van der Waals surface area contributed by atoms with Crippen molar-refractivity contribution in [1.29, 1.82) is 0 Å². The van der Waals surface area contributed by atoms with Gasteiger partial charge in [-0.1, -0.05) is 11.6 Å². The molecule has 0 unspecified atom stereocenters. The van der Waals surface area contributed by atoms with Gasteiger partial charge in [-0.15, -0.1) is 12.4 Å². The number of sulfonamides is 1. The van der Waals surface area contributed by atoms with Gasteiger partial charge in [-0.3, -0.25) is 4.79 Å². The molecule has 26 heavy (non-hydrogen) atoms. The number of urea groups is 1. The first-order valence-electron chi connectivity index (χ1n) is 7.03. The van der Waals surface area contributed by atoms with Crippen LogP contribution < -0.4 is 16.2 Å². The van der Waals surface area contributed by atoms with E-state index in [1.165, 1.54) is 17.0 Å². The third-order valence-electron chi connectivity index (χ3n) is 3.22. The highest BCUT2D eigenvalue weighted by molar-refractivity contribution is 7.90. The molecule has 144 valence electrons. The highest BCUT2D eigenvalue weighted by Crippen LogP contribution is 2.23. The molecule has 1 aliphatic heterocycles. The van der Waals surface area contributed by atoms with Gasteiger partial charge in [0.2, 0.25) is 0 Å². The molecule has 10 nitrogen and oxygen atoms in total. The number of nitrogens with zero attached hydrogens (tertiary/aromatic N) is 2. The monoisotopic (exact) mass is 425 g/mol. The number of hydrogen-bond donors (Lipinski definition) is 3. The van der Waals surface area contributed by atoms with E-state index in [0.717, 1.165) is 6.07 Å². The van der Waals surface area contributed by atoms with Gasteiger partial charge in [-0.25, -0.2) is 17.9 Å². The lowest BCUT2D eigenvalue weighted by Crippen LogP contribution is -2.47. The molecule has 0 atom stereocenters. The zero-order valence-electron chi connectivity index (χ0n) is 13.3. The first-order chi connectivity index (χ1) is 11.7. The highest BCUT2D eigenvalue weighted by Gasteiger charge is 2.26. The van der Waals surface area contributed by atoms with Crippen molar-refractivity contribution in [3.8, 4) is 0 Å². The summed E-state index contributed by atoms with van der Waals surface area (Å²) in [6.07, 6.45) is 0. The van der Waals surface area contributed by atoms with Crippen LogP contribution in [0.15, 0.2) is 28.1 Å². The fourth-order valence-corrected chi connectivity index (χ4v) is 3.52. The number of carbonyl (C=O) groups is 2. The van der Waals surface area contributed by atoms with Gasteiger partial charge in [0.1, 0.15) is 4.90 Å². The average molecular weight is 426 g/mol. The molecule has 1 aromatic carbocycles. The lowest BCUT2D eigenvalue weighted by atomic mass is 10.2. The summed E-state index contributed by atoms with van der Waals surface area (Å²) in [7, 11) is -4.30. The van der Waals surface area contributed by atoms with Crippen molar-refractivity contribution in [1.82, 2.24) is 9.62 Å². The maximum absolute atomic E-state index is 12.4. The SMILES string of the molecule is Cl.NC(N)=NC(=O)c1ccc(Cl)c(S(=O)(=O)NC(=O)N2CCOCC2)c1. The summed E-state index contributed by atoms with van der Waals surface area (Å²) in [5.74, 6) is -1.31. The number of halogens is 2. The van der Waals surface area contributed by atoms with E-state index in [2.05, 4.69) is 4.99 Å². The number of hydrogen-bond acceptors (Lipinski definition) is 5. The summed E-state index contributed by atoms with van der Waals surface area (Å²) < 4.78 is 31.9. The highest BCUT2D eigenvalue weighted by atomic mass is 35.5. The maximum Gasteiger partial charge on any atom is 0.331 e. The van der Waals surface area contributed by atoms with Crippen LogP contribution in [0.1, 0.15) is 10.4 Å². The Bertz CT molecular complexity index is 820. The minimum Gasteiger partial charge on any atom is -0.378 e. The van der Waals surface area contributed by atoms with E-state index in [1.54, 1.807) is 0 Å². The predicted molar refractivity (Wildman–Crippen MR) is 96.9 cm³/mol. The van der Waals surface area contributed by atoms with Gasteiger partial charge in [-0.05, 0) is 18.2 Å².